The van der Waals surface area contributed by atoms with Gasteiger partial charge in [0.2, 0.25) is 5.91 Å². The molecule has 7 nitrogen and oxygen atoms in total. The number of halogens is 2. The lowest BCUT2D eigenvalue weighted by Gasteiger charge is -2.25. The molecule has 1 aliphatic heterocycles. The fraction of sp³-hybridized carbons (Fsp3) is 0.192. The molecular formula is C26H23FIN3O4. The molecule has 0 radical (unpaired) electrons. The highest BCUT2D eigenvalue weighted by atomic mass is 127. The van der Waals surface area contributed by atoms with Gasteiger partial charge in [-0.25, -0.2) is 14.1 Å². The zero-order valence-electron chi connectivity index (χ0n) is 19.0. The molecule has 4 rings (SSSR count). The molecule has 0 aliphatic carbocycles. The SMILES string of the molecule is COc1ccc(C2NC(=O)N(C(Cc3cccc(C)c3)C(=O)Nc3ccc(I)cc3F)C2=O)cc1. The van der Waals surface area contributed by atoms with Gasteiger partial charge in [-0.1, -0.05) is 42.0 Å². The Labute approximate surface area is 215 Å². The van der Waals surface area contributed by atoms with Gasteiger partial charge in [-0.05, 0) is 71.0 Å². The summed E-state index contributed by atoms with van der Waals surface area (Å²) >= 11 is 1.97. The molecule has 1 saturated heterocycles. The van der Waals surface area contributed by atoms with Crippen molar-refractivity contribution < 1.29 is 23.5 Å². The number of amides is 4. The summed E-state index contributed by atoms with van der Waals surface area (Å²) in [6.45, 7) is 1.91. The van der Waals surface area contributed by atoms with Crippen molar-refractivity contribution in [1.29, 1.82) is 0 Å². The van der Waals surface area contributed by atoms with Crippen LogP contribution >= 0.6 is 22.6 Å². The normalized spacial score (nSPS) is 16.1. The van der Waals surface area contributed by atoms with E-state index < -0.39 is 35.7 Å². The van der Waals surface area contributed by atoms with Crippen molar-refractivity contribution in [2.45, 2.75) is 25.4 Å². The Morgan fingerprint density at radius 1 is 1.14 bits per heavy atom. The molecule has 9 heteroatoms. The number of benzene rings is 3. The van der Waals surface area contributed by atoms with E-state index in [1.54, 1.807) is 30.3 Å². The molecule has 0 bridgehead atoms. The molecule has 2 atom stereocenters. The van der Waals surface area contributed by atoms with Crippen molar-refractivity contribution in [2.24, 2.45) is 0 Å². The molecule has 3 aromatic carbocycles. The maximum absolute atomic E-state index is 14.4. The molecule has 1 heterocycles. The number of imide groups is 1. The first-order chi connectivity index (χ1) is 16.8. The molecule has 35 heavy (non-hydrogen) atoms. The zero-order chi connectivity index (χ0) is 25.1. The van der Waals surface area contributed by atoms with E-state index in [2.05, 4.69) is 10.6 Å². The van der Waals surface area contributed by atoms with Gasteiger partial charge in [0.05, 0.1) is 12.8 Å². The van der Waals surface area contributed by atoms with E-state index in [1.807, 2.05) is 53.8 Å². The number of carbonyl (C=O) groups is 3. The van der Waals surface area contributed by atoms with Gasteiger partial charge in [-0.3, -0.25) is 9.59 Å². The Hall–Kier alpha value is -3.47. The molecule has 2 N–H and O–H groups in total. The Bertz CT molecular complexity index is 1280. The van der Waals surface area contributed by atoms with E-state index >= 15 is 0 Å². The van der Waals surface area contributed by atoms with Crippen LogP contribution in [0.2, 0.25) is 0 Å². The van der Waals surface area contributed by atoms with Gasteiger partial charge < -0.3 is 15.4 Å². The topological polar surface area (TPSA) is 87.7 Å². The Kier molecular flexibility index (Phi) is 7.34. The van der Waals surface area contributed by atoms with Gasteiger partial charge in [0, 0.05) is 9.99 Å². The van der Waals surface area contributed by atoms with E-state index in [0.29, 0.717) is 14.9 Å². The van der Waals surface area contributed by atoms with E-state index in [0.717, 1.165) is 16.0 Å². The van der Waals surface area contributed by atoms with Crippen molar-refractivity contribution in [3.8, 4) is 5.75 Å². The zero-order valence-corrected chi connectivity index (χ0v) is 21.2. The van der Waals surface area contributed by atoms with Crippen LogP contribution in [-0.4, -0.2) is 35.9 Å². The third-order valence-corrected chi connectivity index (χ3v) is 6.41. The maximum Gasteiger partial charge on any atom is 0.325 e. The third-order valence-electron chi connectivity index (χ3n) is 5.73. The highest BCUT2D eigenvalue weighted by Crippen LogP contribution is 2.27. The standard InChI is InChI=1S/C26H23FIN3O4/c1-15-4-3-5-16(12-15)13-22(24(32)29-21-11-8-18(28)14-20(21)27)31-25(33)23(30-26(31)34)17-6-9-19(35-2)10-7-17/h3-12,14,22-23H,13H2,1-2H3,(H,29,32)(H,30,34). The number of urea groups is 1. The Morgan fingerprint density at radius 2 is 1.89 bits per heavy atom. The number of methoxy groups -OCH3 is 1. The summed E-state index contributed by atoms with van der Waals surface area (Å²) in [5.41, 5.74) is 2.27. The van der Waals surface area contributed by atoms with Crippen LogP contribution < -0.4 is 15.4 Å². The van der Waals surface area contributed by atoms with Gasteiger partial charge in [0.15, 0.2) is 0 Å². The number of nitrogens with zero attached hydrogens (tertiary/aromatic N) is 1. The summed E-state index contributed by atoms with van der Waals surface area (Å²) in [5.74, 6) is -1.21. The quantitative estimate of drug-likeness (QED) is 0.313. The smallest absolute Gasteiger partial charge is 0.325 e. The molecule has 4 amide bonds. The lowest BCUT2D eigenvalue weighted by Crippen LogP contribution is -2.49. The molecule has 1 fully saturated rings. The second kappa shape index (κ2) is 10.4. The van der Waals surface area contributed by atoms with Crippen molar-refractivity contribution in [3.63, 3.8) is 0 Å². The van der Waals surface area contributed by atoms with Crippen molar-refractivity contribution in [2.75, 3.05) is 12.4 Å². The minimum absolute atomic E-state index is 0.0246. The Morgan fingerprint density at radius 3 is 2.54 bits per heavy atom. The summed E-state index contributed by atoms with van der Waals surface area (Å²) in [7, 11) is 1.53. The van der Waals surface area contributed by atoms with Crippen molar-refractivity contribution in [3.05, 3.63) is 92.8 Å². The van der Waals surface area contributed by atoms with E-state index in [-0.39, 0.29) is 12.1 Å². The van der Waals surface area contributed by atoms with Gasteiger partial charge in [-0.15, -0.1) is 0 Å². The van der Waals surface area contributed by atoms with Crippen LogP contribution in [0.4, 0.5) is 14.9 Å². The second-order valence-corrected chi connectivity index (χ2v) is 9.43. The minimum atomic E-state index is -1.19. The maximum atomic E-state index is 14.4. The first-order valence-electron chi connectivity index (χ1n) is 10.9. The molecule has 0 spiro atoms. The summed E-state index contributed by atoms with van der Waals surface area (Å²) in [4.78, 5) is 40.7. The lowest BCUT2D eigenvalue weighted by molar-refractivity contribution is -0.134. The Balaban J connectivity index is 1.65. The number of nitrogens with one attached hydrogen (secondary N) is 2. The minimum Gasteiger partial charge on any atom is -0.497 e. The predicted molar refractivity (Wildman–Crippen MR) is 138 cm³/mol. The average molecular weight is 587 g/mol. The molecule has 2 unspecified atom stereocenters. The molecule has 1 aliphatic rings. The van der Waals surface area contributed by atoms with Gasteiger partial charge in [0.25, 0.3) is 5.91 Å². The lowest BCUT2D eigenvalue weighted by atomic mass is 10.0. The summed E-state index contributed by atoms with van der Waals surface area (Å²) in [5, 5.41) is 5.22. The number of ether oxygens (including phenoxy) is 1. The van der Waals surface area contributed by atoms with Gasteiger partial charge in [0.1, 0.15) is 23.7 Å². The van der Waals surface area contributed by atoms with Gasteiger partial charge >= 0.3 is 6.03 Å². The largest absolute Gasteiger partial charge is 0.497 e. The highest BCUT2D eigenvalue weighted by Gasteiger charge is 2.45. The van der Waals surface area contributed by atoms with Crippen molar-refractivity contribution in [1.82, 2.24) is 10.2 Å². The first-order valence-corrected chi connectivity index (χ1v) is 11.9. The number of hydrogen-bond acceptors (Lipinski definition) is 4. The monoisotopic (exact) mass is 587 g/mol. The van der Waals surface area contributed by atoms with Crippen LogP contribution in [0.5, 0.6) is 5.75 Å². The van der Waals surface area contributed by atoms with E-state index in [1.165, 1.54) is 19.2 Å². The van der Waals surface area contributed by atoms with Crippen molar-refractivity contribution >= 4 is 46.1 Å². The molecule has 0 saturated carbocycles. The number of aryl methyl sites for hydroxylation is 1. The van der Waals surface area contributed by atoms with Crippen LogP contribution in [0.15, 0.2) is 66.7 Å². The number of anilines is 1. The summed E-state index contributed by atoms with van der Waals surface area (Å²) in [6, 6.07) is 15.8. The van der Waals surface area contributed by atoms with Gasteiger partial charge in [-0.2, -0.15) is 0 Å². The highest BCUT2D eigenvalue weighted by molar-refractivity contribution is 14.1. The number of hydrogen-bond donors (Lipinski definition) is 2. The van der Waals surface area contributed by atoms with Crippen LogP contribution in [0.25, 0.3) is 0 Å². The molecular weight excluding hydrogens is 564 g/mol. The van der Waals surface area contributed by atoms with Crippen LogP contribution in [-0.2, 0) is 16.0 Å². The third kappa shape index (κ3) is 5.45. The number of rotatable bonds is 7. The van der Waals surface area contributed by atoms with Crippen LogP contribution in [0.1, 0.15) is 22.7 Å². The van der Waals surface area contributed by atoms with E-state index in [4.69, 9.17) is 4.74 Å². The predicted octanol–water partition coefficient (Wildman–Crippen LogP) is 4.59. The second-order valence-electron chi connectivity index (χ2n) is 8.19. The molecule has 0 aromatic heterocycles. The molecule has 3 aromatic rings. The fourth-order valence-electron chi connectivity index (χ4n) is 3.98. The fourth-order valence-corrected chi connectivity index (χ4v) is 4.44. The number of carbonyl (C=O) groups excluding carboxylic acids is 3. The first kappa shape index (κ1) is 24.6. The molecule has 180 valence electrons. The average Bonchev–Trinajstić information content (AvgIpc) is 3.13. The summed E-state index contributed by atoms with van der Waals surface area (Å²) in [6.07, 6.45) is 0.0774. The summed E-state index contributed by atoms with van der Waals surface area (Å²) < 4.78 is 20.3. The van der Waals surface area contributed by atoms with Crippen LogP contribution in [0.3, 0.4) is 0 Å². The van der Waals surface area contributed by atoms with Crippen LogP contribution in [0, 0.1) is 16.3 Å². The van der Waals surface area contributed by atoms with E-state index in [9.17, 15) is 18.8 Å².